The van der Waals surface area contributed by atoms with Crippen LogP contribution >= 0.6 is 11.8 Å². The molecule has 1 atom stereocenters. The minimum absolute atomic E-state index is 0. The van der Waals surface area contributed by atoms with E-state index in [2.05, 4.69) is 26.4 Å². The molecule has 0 fully saturated rings. The molecule has 16 heavy (non-hydrogen) atoms. The Kier molecular flexibility index (Phi) is 7.86. The second-order valence-corrected chi connectivity index (χ2v) is 4.14. The molecular formula is C7H14ClN5O2S. The van der Waals surface area contributed by atoms with Crippen molar-refractivity contribution in [2.75, 3.05) is 5.75 Å². The second kappa shape index (κ2) is 8.31. The summed E-state index contributed by atoms with van der Waals surface area (Å²) < 4.78 is 0. The Hall–Kier alpha value is -0.860. The first kappa shape index (κ1) is 15.1. The summed E-state index contributed by atoms with van der Waals surface area (Å²) in [6, 6.07) is -0.500. The molecule has 1 aromatic heterocycles. The lowest BCUT2D eigenvalue weighted by Crippen LogP contribution is -3.00. The van der Waals surface area contributed by atoms with Crippen molar-refractivity contribution < 1.29 is 28.0 Å². The van der Waals surface area contributed by atoms with Crippen molar-refractivity contribution in [2.45, 2.75) is 30.5 Å². The molecule has 92 valence electrons. The lowest BCUT2D eigenvalue weighted by atomic mass is 10.1. The van der Waals surface area contributed by atoms with E-state index in [1.54, 1.807) is 0 Å². The van der Waals surface area contributed by atoms with Crippen LogP contribution in [-0.2, 0) is 4.79 Å². The number of carbonyl (C=O) groups is 1. The van der Waals surface area contributed by atoms with Gasteiger partial charge in [-0.05, 0) is 18.1 Å². The fourth-order valence-corrected chi connectivity index (χ4v) is 1.73. The lowest BCUT2D eigenvalue weighted by Gasteiger charge is -2.01. The third kappa shape index (κ3) is 5.89. The number of unbranched alkanes of at least 4 members (excludes halogenated alkanes) is 1. The molecule has 0 saturated carbocycles. The van der Waals surface area contributed by atoms with Gasteiger partial charge in [0.05, 0.1) is 0 Å². The number of hydrogen-bond donors (Lipinski definition) is 3. The fourth-order valence-electron chi connectivity index (χ4n) is 0.994. The highest BCUT2D eigenvalue weighted by atomic mass is 35.5. The first-order valence-corrected chi connectivity index (χ1v) is 5.61. The van der Waals surface area contributed by atoms with Crippen molar-refractivity contribution in [3.63, 3.8) is 0 Å². The number of aromatic amines is 1. The molecule has 1 aromatic rings. The number of carboxylic acid groups (broad SMARTS) is 1. The Morgan fingerprint density at radius 2 is 2.31 bits per heavy atom. The van der Waals surface area contributed by atoms with Gasteiger partial charge in [0.25, 0.3) is 0 Å². The molecule has 0 bridgehead atoms. The average molecular weight is 268 g/mol. The maximum absolute atomic E-state index is 10.4. The summed E-state index contributed by atoms with van der Waals surface area (Å²) in [5.41, 5.74) is 3.54. The smallest absolute Gasteiger partial charge is 0.362 e. The number of nitrogens with one attached hydrogen (secondary N) is 1. The van der Waals surface area contributed by atoms with Crippen LogP contribution in [0.15, 0.2) is 5.16 Å². The number of quaternary nitrogens is 1. The van der Waals surface area contributed by atoms with E-state index in [1.807, 2.05) is 0 Å². The summed E-state index contributed by atoms with van der Waals surface area (Å²) in [5.74, 6) is 0.0344. The molecule has 1 rings (SSSR count). The first-order chi connectivity index (χ1) is 7.20. The Labute approximate surface area is 103 Å². The van der Waals surface area contributed by atoms with Gasteiger partial charge in [-0.15, -0.1) is 10.2 Å². The van der Waals surface area contributed by atoms with Gasteiger partial charge in [-0.3, -0.25) is 0 Å². The van der Waals surface area contributed by atoms with Crippen LogP contribution in [0.2, 0.25) is 0 Å². The SMILES string of the molecule is [Cl-].[NH3+]C(CCCCSc1nn[nH]n1)C(=O)O. The van der Waals surface area contributed by atoms with E-state index in [0.717, 1.165) is 18.6 Å². The monoisotopic (exact) mass is 267 g/mol. The Bertz CT molecular complexity index is 297. The van der Waals surface area contributed by atoms with Crippen LogP contribution in [0.25, 0.3) is 0 Å². The lowest BCUT2D eigenvalue weighted by molar-refractivity contribution is -0.409. The maximum Gasteiger partial charge on any atom is 0.362 e. The van der Waals surface area contributed by atoms with Crippen LogP contribution in [0.5, 0.6) is 0 Å². The quantitative estimate of drug-likeness (QED) is 0.344. The first-order valence-electron chi connectivity index (χ1n) is 4.62. The van der Waals surface area contributed by atoms with Gasteiger partial charge in [0, 0.05) is 12.2 Å². The van der Waals surface area contributed by atoms with E-state index >= 15 is 0 Å². The van der Waals surface area contributed by atoms with Crippen LogP contribution in [0.4, 0.5) is 0 Å². The Morgan fingerprint density at radius 3 is 2.88 bits per heavy atom. The van der Waals surface area contributed by atoms with Crippen molar-refractivity contribution in [1.29, 1.82) is 0 Å². The molecule has 1 heterocycles. The molecule has 0 aliphatic rings. The van der Waals surface area contributed by atoms with Crippen LogP contribution in [0, 0.1) is 0 Å². The molecule has 0 aliphatic heterocycles. The van der Waals surface area contributed by atoms with Crippen molar-refractivity contribution in [3.05, 3.63) is 0 Å². The van der Waals surface area contributed by atoms with Crippen LogP contribution in [0.1, 0.15) is 19.3 Å². The number of rotatable bonds is 7. The average Bonchev–Trinajstić information content (AvgIpc) is 2.69. The molecule has 9 heteroatoms. The summed E-state index contributed by atoms with van der Waals surface area (Å²) in [6.07, 6.45) is 2.39. The molecule has 0 amide bonds. The fraction of sp³-hybridized carbons (Fsp3) is 0.714. The zero-order chi connectivity index (χ0) is 11.1. The molecule has 0 spiro atoms. The standard InChI is InChI=1S/C7H13N5O2S.ClH/c8-5(6(13)14)3-1-2-4-15-7-9-11-12-10-7;/h5H,1-4,8H2,(H,13,14)(H,9,10,11,12);1H. The van der Waals surface area contributed by atoms with Crippen molar-refractivity contribution in [3.8, 4) is 0 Å². The number of thioether (sulfide) groups is 1. The van der Waals surface area contributed by atoms with Crippen LogP contribution < -0.4 is 18.1 Å². The van der Waals surface area contributed by atoms with E-state index in [9.17, 15) is 4.79 Å². The van der Waals surface area contributed by atoms with Gasteiger partial charge in [-0.25, -0.2) is 4.79 Å². The number of nitrogens with zero attached hydrogens (tertiary/aromatic N) is 3. The van der Waals surface area contributed by atoms with Gasteiger partial charge in [-0.2, -0.15) is 5.21 Å². The highest BCUT2D eigenvalue weighted by Crippen LogP contribution is 2.13. The summed E-state index contributed by atoms with van der Waals surface area (Å²) in [7, 11) is 0. The highest BCUT2D eigenvalue weighted by molar-refractivity contribution is 7.99. The summed E-state index contributed by atoms with van der Waals surface area (Å²) >= 11 is 1.50. The molecule has 1 unspecified atom stereocenters. The molecule has 0 radical (unpaired) electrons. The van der Waals surface area contributed by atoms with Gasteiger partial charge in [0.2, 0.25) is 5.16 Å². The molecule has 7 nitrogen and oxygen atoms in total. The zero-order valence-corrected chi connectivity index (χ0v) is 10.2. The van der Waals surface area contributed by atoms with E-state index in [1.165, 1.54) is 11.8 Å². The predicted molar refractivity (Wildman–Crippen MR) is 53.1 cm³/mol. The van der Waals surface area contributed by atoms with Gasteiger partial charge in [-0.1, -0.05) is 11.8 Å². The number of halogens is 1. The summed E-state index contributed by atoms with van der Waals surface area (Å²) in [4.78, 5) is 10.4. The summed E-state index contributed by atoms with van der Waals surface area (Å²) in [6.45, 7) is 0. The zero-order valence-electron chi connectivity index (χ0n) is 8.60. The van der Waals surface area contributed by atoms with E-state index < -0.39 is 12.0 Å². The minimum atomic E-state index is -0.833. The predicted octanol–water partition coefficient (Wildman–Crippen LogP) is -3.84. The van der Waals surface area contributed by atoms with Crippen LogP contribution in [-0.4, -0.2) is 43.5 Å². The normalized spacial score (nSPS) is 11.8. The van der Waals surface area contributed by atoms with Crippen molar-refractivity contribution in [2.24, 2.45) is 0 Å². The second-order valence-electron chi connectivity index (χ2n) is 3.07. The Balaban J connectivity index is 0.00000225. The van der Waals surface area contributed by atoms with E-state index in [4.69, 9.17) is 5.11 Å². The van der Waals surface area contributed by atoms with Crippen LogP contribution in [0.3, 0.4) is 0 Å². The largest absolute Gasteiger partial charge is 1.00 e. The molecule has 0 aliphatic carbocycles. The number of carboxylic acids is 1. The Morgan fingerprint density at radius 1 is 1.56 bits per heavy atom. The highest BCUT2D eigenvalue weighted by Gasteiger charge is 2.14. The number of aliphatic carboxylic acids is 1. The minimum Gasteiger partial charge on any atom is -1.00 e. The van der Waals surface area contributed by atoms with Gasteiger partial charge in [0.15, 0.2) is 6.04 Å². The number of tetrazole rings is 1. The van der Waals surface area contributed by atoms with E-state index in [0.29, 0.717) is 11.6 Å². The molecule has 5 N–H and O–H groups in total. The third-order valence-corrected chi connectivity index (χ3v) is 2.78. The van der Waals surface area contributed by atoms with Crippen molar-refractivity contribution in [1.82, 2.24) is 20.6 Å². The molecule has 0 aromatic carbocycles. The van der Waals surface area contributed by atoms with E-state index in [-0.39, 0.29) is 12.4 Å². The van der Waals surface area contributed by atoms with Gasteiger partial charge < -0.3 is 23.2 Å². The van der Waals surface area contributed by atoms with Crippen molar-refractivity contribution >= 4 is 17.7 Å². The van der Waals surface area contributed by atoms with Gasteiger partial charge in [0.1, 0.15) is 0 Å². The number of H-pyrrole nitrogens is 1. The molecule has 0 saturated heterocycles. The molecular weight excluding hydrogens is 254 g/mol. The topological polar surface area (TPSA) is 119 Å². The number of hydrogen-bond acceptors (Lipinski definition) is 5. The number of aromatic nitrogens is 4. The third-order valence-electron chi connectivity index (χ3n) is 1.85. The van der Waals surface area contributed by atoms with Gasteiger partial charge >= 0.3 is 5.97 Å². The maximum atomic E-state index is 10.4. The summed E-state index contributed by atoms with van der Waals surface area (Å²) in [5, 5.41) is 22.6.